The number of piperidine rings is 1. The molecule has 0 bridgehead atoms. The van der Waals surface area contributed by atoms with Crippen molar-refractivity contribution in [3.8, 4) is 16.3 Å². The van der Waals surface area contributed by atoms with E-state index in [9.17, 15) is 13.2 Å². The molecule has 32 heavy (non-hydrogen) atoms. The highest BCUT2D eigenvalue weighted by molar-refractivity contribution is 7.93. The molecule has 2 heterocycles. The van der Waals surface area contributed by atoms with E-state index in [0.29, 0.717) is 23.8 Å². The molecule has 0 radical (unpaired) electrons. The van der Waals surface area contributed by atoms with Gasteiger partial charge in [0, 0.05) is 18.7 Å². The van der Waals surface area contributed by atoms with Crippen LogP contribution in [0.5, 0.6) is 5.75 Å². The Labute approximate surface area is 191 Å². The minimum Gasteiger partial charge on any atom is -0.496 e. The van der Waals surface area contributed by atoms with Gasteiger partial charge >= 0.3 is 0 Å². The number of methoxy groups -OCH3 is 1. The first-order chi connectivity index (χ1) is 15.4. The summed E-state index contributed by atoms with van der Waals surface area (Å²) >= 11 is 1.14. The molecule has 1 N–H and O–H groups in total. The molecule has 10 heteroatoms. The van der Waals surface area contributed by atoms with Crippen molar-refractivity contribution < 1.29 is 17.9 Å². The number of anilines is 1. The van der Waals surface area contributed by atoms with E-state index in [0.717, 1.165) is 41.7 Å². The Bertz CT molecular complexity index is 1220. The minimum atomic E-state index is -3.97. The number of aryl methyl sites for hydroxylation is 1. The number of ether oxygens (including phenoxy) is 1. The number of aromatic nitrogens is 2. The summed E-state index contributed by atoms with van der Waals surface area (Å²) in [5, 5.41) is 8.82. The molecule has 0 spiro atoms. The van der Waals surface area contributed by atoms with Gasteiger partial charge in [0.25, 0.3) is 15.9 Å². The molecular weight excluding hydrogens is 448 g/mol. The maximum absolute atomic E-state index is 13.0. The van der Waals surface area contributed by atoms with Crippen LogP contribution in [0.2, 0.25) is 0 Å². The molecule has 168 valence electrons. The Balaban J connectivity index is 1.58. The first-order valence-electron chi connectivity index (χ1n) is 10.3. The van der Waals surface area contributed by atoms with Crippen molar-refractivity contribution in [3.05, 3.63) is 53.6 Å². The normalized spacial score (nSPS) is 14.2. The van der Waals surface area contributed by atoms with Gasteiger partial charge in [0.15, 0.2) is 0 Å². The van der Waals surface area contributed by atoms with E-state index in [1.54, 1.807) is 4.90 Å². The molecule has 4 rings (SSSR count). The van der Waals surface area contributed by atoms with E-state index < -0.39 is 10.0 Å². The van der Waals surface area contributed by atoms with Crippen molar-refractivity contribution in [1.29, 1.82) is 0 Å². The Hall–Kier alpha value is -2.98. The monoisotopic (exact) mass is 472 g/mol. The van der Waals surface area contributed by atoms with Crippen LogP contribution in [0.4, 0.5) is 5.13 Å². The van der Waals surface area contributed by atoms with Gasteiger partial charge in [-0.05, 0) is 44.4 Å². The lowest BCUT2D eigenvalue weighted by molar-refractivity contribution is 0.0720. The summed E-state index contributed by atoms with van der Waals surface area (Å²) in [6.07, 6.45) is 2.97. The van der Waals surface area contributed by atoms with Gasteiger partial charge in [-0.25, -0.2) is 8.42 Å². The summed E-state index contributed by atoms with van der Waals surface area (Å²) in [6, 6.07) is 12.0. The smallest absolute Gasteiger partial charge is 0.263 e. The topological polar surface area (TPSA) is 101 Å². The molecule has 1 saturated heterocycles. The second-order valence-electron chi connectivity index (χ2n) is 7.60. The van der Waals surface area contributed by atoms with Crippen molar-refractivity contribution >= 4 is 32.4 Å². The number of benzene rings is 2. The first kappa shape index (κ1) is 22.2. The van der Waals surface area contributed by atoms with E-state index in [4.69, 9.17) is 4.74 Å². The second-order valence-corrected chi connectivity index (χ2v) is 10.3. The molecule has 1 aliphatic heterocycles. The van der Waals surface area contributed by atoms with E-state index in [1.165, 1.54) is 25.3 Å². The SMILES string of the molecule is COc1ccc(S(=O)(=O)Nc2nnc(-c3ccc(C)cc3)s2)cc1C(=O)N1CCCCC1. The summed E-state index contributed by atoms with van der Waals surface area (Å²) < 4.78 is 33.8. The fourth-order valence-electron chi connectivity index (χ4n) is 3.54. The summed E-state index contributed by atoms with van der Waals surface area (Å²) in [7, 11) is -2.51. The molecule has 1 fully saturated rings. The number of sulfonamides is 1. The number of hydrogen-bond donors (Lipinski definition) is 1. The van der Waals surface area contributed by atoms with Crippen LogP contribution in [0.25, 0.3) is 10.6 Å². The molecule has 0 aliphatic carbocycles. The third-order valence-corrected chi connectivity index (χ3v) is 7.65. The average Bonchev–Trinajstić information content (AvgIpc) is 3.27. The van der Waals surface area contributed by atoms with Crippen molar-refractivity contribution in [3.63, 3.8) is 0 Å². The van der Waals surface area contributed by atoms with Crippen molar-refractivity contribution in [1.82, 2.24) is 15.1 Å². The average molecular weight is 473 g/mol. The molecule has 8 nitrogen and oxygen atoms in total. The predicted molar refractivity (Wildman–Crippen MR) is 124 cm³/mol. The van der Waals surface area contributed by atoms with Crippen LogP contribution < -0.4 is 9.46 Å². The summed E-state index contributed by atoms with van der Waals surface area (Å²) in [5.41, 5.74) is 2.21. The lowest BCUT2D eigenvalue weighted by Gasteiger charge is -2.27. The number of amides is 1. The van der Waals surface area contributed by atoms with Gasteiger partial charge < -0.3 is 9.64 Å². The minimum absolute atomic E-state index is 0.0363. The molecule has 1 aromatic heterocycles. The van der Waals surface area contributed by atoms with Crippen molar-refractivity contribution in [2.75, 3.05) is 24.9 Å². The molecule has 3 aromatic rings. The Morgan fingerprint density at radius 3 is 2.47 bits per heavy atom. The first-order valence-corrected chi connectivity index (χ1v) is 12.6. The van der Waals surface area contributed by atoms with E-state index in [-0.39, 0.29) is 21.5 Å². The number of hydrogen-bond acceptors (Lipinski definition) is 7. The number of nitrogens with zero attached hydrogens (tertiary/aromatic N) is 3. The number of rotatable bonds is 6. The zero-order valence-corrected chi connectivity index (χ0v) is 19.5. The van der Waals surface area contributed by atoms with Crippen LogP contribution in [0.15, 0.2) is 47.4 Å². The molecule has 0 atom stereocenters. The van der Waals surface area contributed by atoms with Gasteiger partial charge in [0.05, 0.1) is 17.6 Å². The van der Waals surface area contributed by atoms with Gasteiger partial charge in [-0.1, -0.05) is 41.2 Å². The fraction of sp³-hybridized carbons (Fsp3) is 0.318. The number of carbonyl (C=O) groups excluding carboxylic acids is 1. The van der Waals surface area contributed by atoms with Gasteiger partial charge in [-0.3, -0.25) is 9.52 Å². The zero-order chi connectivity index (χ0) is 22.7. The van der Waals surface area contributed by atoms with Crippen molar-refractivity contribution in [2.24, 2.45) is 0 Å². The fourth-order valence-corrected chi connectivity index (χ4v) is 5.54. The summed E-state index contributed by atoms with van der Waals surface area (Å²) in [4.78, 5) is 14.7. The predicted octanol–water partition coefficient (Wildman–Crippen LogP) is 3.95. The standard InChI is InChI=1S/C22H24N4O4S2/c1-15-6-8-16(9-7-15)20-23-24-22(31-20)25-32(28,29)17-10-11-19(30-2)18(14-17)21(27)26-12-4-3-5-13-26/h6-11,14H,3-5,12-13H2,1-2H3,(H,24,25). The highest BCUT2D eigenvalue weighted by Crippen LogP contribution is 2.30. The second kappa shape index (κ2) is 9.25. The summed E-state index contributed by atoms with van der Waals surface area (Å²) in [5.74, 6) is 0.119. The van der Waals surface area contributed by atoms with Gasteiger partial charge in [0.1, 0.15) is 10.8 Å². The van der Waals surface area contributed by atoms with Crippen LogP contribution in [0.3, 0.4) is 0 Å². The molecule has 1 amide bonds. The zero-order valence-electron chi connectivity index (χ0n) is 17.9. The van der Waals surface area contributed by atoms with Crippen LogP contribution in [0.1, 0.15) is 35.2 Å². The van der Waals surface area contributed by atoms with E-state index in [2.05, 4.69) is 14.9 Å². The summed E-state index contributed by atoms with van der Waals surface area (Å²) in [6.45, 7) is 3.30. The number of nitrogens with one attached hydrogen (secondary N) is 1. The highest BCUT2D eigenvalue weighted by atomic mass is 32.2. The Morgan fingerprint density at radius 1 is 1.06 bits per heavy atom. The lowest BCUT2D eigenvalue weighted by Crippen LogP contribution is -2.35. The number of carbonyl (C=O) groups is 1. The Kier molecular flexibility index (Phi) is 6.43. The molecule has 0 saturated carbocycles. The van der Waals surface area contributed by atoms with Crippen LogP contribution in [0, 0.1) is 6.92 Å². The highest BCUT2D eigenvalue weighted by Gasteiger charge is 2.25. The van der Waals surface area contributed by atoms with Gasteiger partial charge in [-0.15, -0.1) is 10.2 Å². The maximum Gasteiger partial charge on any atom is 0.263 e. The third kappa shape index (κ3) is 4.76. The van der Waals surface area contributed by atoms with Gasteiger partial charge in [-0.2, -0.15) is 0 Å². The molecular formula is C22H24N4O4S2. The van der Waals surface area contributed by atoms with E-state index in [1.807, 2.05) is 31.2 Å². The lowest BCUT2D eigenvalue weighted by atomic mass is 10.1. The molecule has 1 aliphatic rings. The largest absolute Gasteiger partial charge is 0.496 e. The van der Waals surface area contributed by atoms with Crippen molar-refractivity contribution in [2.45, 2.75) is 31.1 Å². The van der Waals surface area contributed by atoms with Gasteiger partial charge in [0.2, 0.25) is 5.13 Å². The van der Waals surface area contributed by atoms with Crippen LogP contribution >= 0.6 is 11.3 Å². The molecule has 0 unspecified atom stereocenters. The number of likely N-dealkylation sites (tertiary alicyclic amines) is 1. The third-order valence-electron chi connectivity index (χ3n) is 5.30. The maximum atomic E-state index is 13.0. The molecule has 2 aromatic carbocycles. The van der Waals surface area contributed by atoms with Crippen LogP contribution in [-0.4, -0.2) is 49.6 Å². The van der Waals surface area contributed by atoms with E-state index >= 15 is 0 Å². The quantitative estimate of drug-likeness (QED) is 0.583. The Morgan fingerprint density at radius 2 is 1.78 bits per heavy atom. The van der Waals surface area contributed by atoms with Crippen LogP contribution in [-0.2, 0) is 10.0 Å².